The normalized spacial score (nSPS) is 31.7. The minimum atomic E-state index is -0.163. The lowest BCUT2D eigenvalue weighted by Gasteiger charge is -2.55. The van der Waals surface area contributed by atoms with Crippen LogP contribution in [-0.2, 0) is 4.79 Å². The summed E-state index contributed by atoms with van der Waals surface area (Å²) >= 11 is 0. The van der Waals surface area contributed by atoms with Gasteiger partial charge in [0, 0.05) is 44.1 Å². The molecule has 2 saturated heterocycles. The Labute approximate surface area is 219 Å². The van der Waals surface area contributed by atoms with Crippen molar-refractivity contribution in [2.75, 3.05) is 7.05 Å². The van der Waals surface area contributed by atoms with E-state index in [0.717, 1.165) is 41.8 Å². The Hall–Kier alpha value is -2.54. The molecule has 4 fully saturated rings. The van der Waals surface area contributed by atoms with E-state index in [0.29, 0.717) is 12.1 Å². The maximum atomic E-state index is 13.9. The summed E-state index contributed by atoms with van der Waals surface area (Å²) in [4.78, 5) is 33.2. The molecule has 3 heterocycles. The average Bonchev–Trinajstić information content (AvgIpc) is 2.90. The molecule has 7 nitrogen and oxygen atoms in total. The third-order valence-electron chi connectivity index (χ3n) is 9.86. The van der Waals surface area contributed by atoms with Gasteiger partial charge in [-0.3, -0.25) is 14.5 Å². The Balaban J connectivity index is 1.31. The van der Waals surface area contributed by atoms with E-state index in [4.69, 9.17) is 5.41 Å². The smallest absolute Gasteiger partial charge is 0.279 e. The number of aromatic nitrogens is 2. The highest BCUT2D eigenvalue weighted by Crippen LogP contribution is 2.47. The number of benzene rings is 1. The lowest BCUT2D eigenvalue weighted by atomic mass is 9.68. The molecule has 0 radical (unpaired) electrons. The van der Waals surface area contributed by atoms with E-state index in [-0.39, 0.29) is 41.8 Å². The minimum Gasteiger partial charge on any atom is -0.359 e. The summed E-state index contributed by atoms with van der Waals surface area (Å²) in [5.41, 5.74) is 1.83. The summed E-state index contributed by atoms with van der Waals surface area (Å²) in [5.74, 6) is 1.72. The van der Waals surface area contributed by atoms with Crippen LogP contribution >= 0.6 is 0 Å². The van der Waals surface area contributed by atoms with Crippen LogP contribution in [0.25, 0.3) is 11.0 Å². The fraction of sp³-hybridized carbons (Fsp3) is 0.667. The number of amides is 1. The number of hydrogen-bond donors (Lipinski definition) is 2. The topological polar surface area (TPSA) is 91.1 Å². The number of nitrogens with zero attached hydrogens (tertiary/aromatic N) is 3. The van der Waals surface area contributed by atoms with Gasteiger partial charge in [0.15, 0.2) is 0 Å². The number of nitrogens with one attached hydrogen (secondary N) is 2. The van der Waals surface area contributed by atoms with E-state index < -0.39 is 0 Å². The van der Waals surface area contributed by atoms with Gasteiger partial charge in [-0.1, -0.05) is 37.8 Å². The van der Waals surface area contributed by atoms with Crippen LogP contribution in [0, 0.1) is 17.2 Å². The fourth-order valence-electron chi connectivity index (χ4n) is 8.33. The highest BCUT2D eigenvalue weighted by Gasteiger charge is 2.45. The fourth-order valence-corrected chi connectivity index (χ4v) is 8.33. The molecule has 0 spiro atoms. The van der Waals surface area contributed by atoms with Gasteiger partial charge in [0.1, 0.15) is 5.69 Å². The Bertz CT molecular complexity index is 1210. The second kappa shape index (κ2) is 10.3. The molecule has 7 heteroatoms. The predicted octanol–water partition coefficient (Wildman–Crippen LogP) is 4.82. The van der Waals surface area contributed by atoms with E-state index in [1.807, 2.05) is 28.8 Å². The van der Waals surface area contributed by atoms with Crippen molar-refractivity contribution < 1.29 is 4.79 Å². The molecular weight excluding hydrogens is 462 g/mol. The maximum absolute atomic E-state index is 13.9. The third-order valence-corrected chi connectivity index (χ3v) is 9.86. The molecule has 1 aromatic carbocycles. The first-order valence-corrected chi connectivity index (χ1v) is 14.6. The van der Waals surface area contributed by atoms with E-state index in [1.165, 1.54) is 57.8 Å². The molecule has 2 aliphatic heterocycles. The number of fused-ring (bicyclic) bond motifs is 5. The zero-order chi connectivity index (χ0) is 25.5. The van der Waals surface area contributed by atoms with Crippen LogP contribution in [0.15, 0.2) is 29.1 Å². The van der Waals surface area contributed by atoms with Gasteiger partial charge in [-0.25, -0.2) is 4.98 Å². The first kappa shape index (κ1) is 24.8. The van der Waals surface area contributed by atoms with Crippen molar-refractivity contribution in [3.8, 4) is 0 Å². The van der Waals surface area contributed by atoms with Gasteiger partial charge in [-0.05, 0) is 68.9 Å². The third kappa shape index (κ3) is 4.75. The van der Waals surface area contributed by atoms with Crippen molar-refractivity contribution >= 4 is 22.7 Å². The Kier molecular flexibility index (Phi) is 6.91. The highest BCUT2D eigenvalue weighted by atomic mass is 16.1. The van der Waals surface area contributed by atoms with E-state index >= 15 is 0 Å². The van der Waals surface area contributed by atoms with Gasteiger partial charge in [0.2, 0.25) is 5.91 Å². The monoisotopic (exact) mass is 503 g/mol. The summed E-state index contributed by atoms with van der Waals surface area (Å²) < 4.78 is 1.98. The molecule has 2 unspecified atom stereocenters. The van der Waals surface area contributed by atoms with Crippen LogP contribution in [0.2, 0.25) is 0 Å². The molecule has 2 aliphatic carbocycles. The molecule has 1 aromatic heterocycles. The molecule has 4 bridgehead atoms. The second-order valence-electron chi connectivity index (χ2n) is 12.1. The molecule has 198 valence electrons. The van der Waals surface area contributed by atoms with E-state index in [9.17, 15) is 9.59 Å². The Morgan fingerprint density at radius 3 is 2.30 bits per heavy atom. The lowest BCUT2D eigenvalue weighted by Crippen LogP contribution is -2.58. The molecule has 5 atom stereocenters. The standard InChI is InChI=1S/C30H41N5O2/c1-32-28(36)13-12-25(31)29-30(37)35(27-11-3-2-10-26(27)33-29)24-17-21-8-5-9-22(18-24)34(21)23-15-19-6-4-7-20(14-19)16-23/h2-3,10-11,19-24,31H,4-9,12-18H2,1H3,(H,32,36)/t19?,20?,21-,22+,23?,24+. The zero-order valence-corrected chi connectivity index (χ0v) is 22.1. The minimum absolute atomic E-state index is 0.125. The summed E-state index contributed by atoms with van der Waals surface area (Å²) in [6.07, 6.45) is 14.6. The van der Waals surface area contributed by atoms with Gasteiger partial charge < -0.3 is 15.3 Å². The van der Waals surface area contributed by atoms with Crippen LogP contribution in [0.4, 0.5) is 0 Å². The molecule has 37 heavy (non-hydrogen) atoms. The van der Waals surface area contributed by atoms with Crippen LogP contribution in [0.3, 0.4) is 0 Å². The second-order valence-corrected chi connectivity index (χ2v) is 12.1. The van der Waals surface area contributed by atoms with Crippen molar-refractivity contribution in [2.45, 2.75) is 108 Å². The molecule has 2 N–H and O–H groups in total. The van der Waals surface area contributed by atoms with Crippen molar-refractivity contribution in [1.82, 2.24) is 19.8 Å². The van der Waals surface area contributed by atoms with Crippen molar-refractivity contribution in [2.24, 2.45) is 11.8 Å². The van der Waals surface area contributed by atoms with Crippen LogP contribution in [0.1, 0.15) is 95.2 Å². The van der Waals surface area contributed by atoms with E-state index in [1.54, 1.807) is 7.05 Å². The molecule has 4 aliphatic rings. The number of para-hydroxylation sites is 2. The Morgan fingerprint density at radius 1 is 0.919 bits per heavy atom. The van der Waals surface area contributed by atoms with Crippen LogP contribution in [-0.4, -0.2) is 51.2 Å². The van der Waals surface area contributed by atoms with Crippen molar-refractivity contribution in [3.63, 3.8) is 0 Å². The first-order valence-electron chi connectivity index (χ1n) is 14.6. The molecule has 6 rings (SSSR count). The summed E-state index contributed by atoms with van der Waals surface area (Å²) in [6.45, 7) is 0. The SMILES string of the molecule is CNC(=O)CCC(=N)c1nc2ccccc2n([C@H]2C[C@H]3CCC[C@@H](C2)N3C2CC3CCCC(C3)C2)c1=O. The number of piperidine rings is 2. The summed E-state index contributed by atoms with van der Waals surface area (Å²) in [7, 11) is 1.59. The molecule has 1 amide bonds. The number of hydrogen-bond acceptors (Lipinski definition) is 5. The molecular formula is C30H41N5O2. The largest absolute Gasteiger partial charge is 0.359 e. The van der Waals surface area contributed by atoms with E-state index in [2.05, 4.69) is 15.2 Å². The molecule has 2 aromatic rings. The first-order chi connectivity index (χ1) is 18.0. The highest BCUT2D eigenvalue weighted by molar-refractivity contribution is 5.99. The lowest BCUT2D eigenvalue weighted by molar-refractivity contribution is -0.120. The Morgan fingerprint density at radius 2 is 1.59 bits per heavy atom. The summed E-state index contributed by atoms with van der Waals surface area (Å²) in [5, 5.41) is 11.2. The summed E-state index contributed by atoms with van der Waals surface area (Å²) in [6, 6.07) is 9.80. The number of carbonyl (C=O) groups is 1. The predicted molar refractivity (Wildman–Crippen MR) is 146 cm³/mol. The average molecular weight is 504 g/mol. The van der Waals surface area contributed by atoms with Crippen molar-refractivity contribution in [1.29, 1.82) is 5.41 Å². The van der Waals surface area contributed by atoms with Gasteiger partial charge >= 0.3 is 0 Å². The molecule has 2 saturated carbocycles. The van der Waals surface area contributed by atoms with Crippen LogP contribution in [0.5, 0.6) is 0 Å². The number of rotatable bonds is 6. The van der Waals surface area contributed by atoms with Gasteiger partial charge in [0.05, 0.1) is 16.7 Å². The van der Waals surface area contributed by atoms with Gasteiger partial charge in [-0.2, -0.15) is 0 Å². The van der Waals surface area contributed by atoms with Gasteiger partial charge in [0.25, 0.3) is 5.56 Å². The van der Waals surface area contributed by atoms with Gasteiger partial charge in [-0.15, -0.1) is 0 Å². The number of carbonyl (C=O) groups excluding carboxylic acids is 1. The quantitative estimate of drug-likeness (QED) is 0.553. The maximum Gasteiger partial charge on any atom is 0.279 e. The van der Waals surface area contributed by atoms with Crippen LogP contribution < -0.4 is 10.9 Å². The van der Waals surface area contributed by atoms with Crippen molar-refractivity contribution in [3.05, 3.63) is 40.3 Å². The zero-order valence-electron chi connectivity index (χ0n) is 22.1.